The van der Waals surface area contributed by atoms with Crippen LogP contribution >= 0.6 is 0 Å². The first kappa shape index (κ1) is 10.5. The van der Waals surface area contributed by atoms with Crippen molar-refractivity contribution < 1.29 is 28.7 Å². The molecular formula is C10H13IN2. The summed E-state index contributed by atoms with van der Waals surface area (Å²) in [5, 5.41) is 2.21. The van der Waals surface area contributed by atoms with Crippen molar-refractivity contribution in [1.29, 1.82) is 0 Å². The Morgan fingerprint density at radius 1 is 1.08 bits per heavy atom. The van der Waals surface area contributed by atoms with Gasteiger partial charge in [-0.05, 0) is 12.8 Å². The van der Waals surface area contributed by atoms with Crippen LogP contribution in [0.3, 0.4) is 0 Å². The third-order valence-electron chi connectivity index (χ3n) is 2.03. The number of nitrogens with zero attached hydrogens (tertiary/aromatic N) is 2. The van der Waals surface area contributed by atoms with Crippen LogP contribution < -0.4 is 33.7 Å². The lowest BCUT2D eigenvalue weighted by molar-refractivity contribution is -0.686. The van der Waals surface area contributed by atoms with Crippen LogP contribution in [-0.2, 0) is 0 Å². The largest absolute Gasteiger partial charge is 1.00 e. The molecule has 0 radical (unpaired) electrons. The smallest absolute Gasteiger partial charge is 0.200 e. The average Bonchev–Trinajstić information content (AvgIpc) is 2.21. The summed E-state index contributed by atoms with van der Waals surface area (Å²) in [6.45, 7) is 1.12. The molecule has 0 saturated carbocycles. The first-order chi connectivity index (χ1) is 5.97. The van der Waals surface area contributed by atoms with Crippen molar-refractivity contribution in [2.24, 2.45) is 0 Å². The maximum absolute atomic E-state index is 2.21. The second-order valence-corrected chi connectivity index (χ2v) is 2.95. The minimum absolute atomic E-state index is 0. The number of rotatable bonds is 1. The molecule has 0 fully saturated rings. The third-order valence-corrected chi connectivity index (χ3v) is 2.03. The van der Waals surface area contributed by atoms with Gasteiger partial charge in [0.2, 0.25) is 0 Å². The summed E-state index contributed by atoms with van der Waals surface area (Å²) >= 11 is 0. The van der Waals surface area contributed by atoms with E-state index in [-0.39, 0.29) is 24.0 Å². The van der Waals surface area contributed by atoms with Gasteiger partial charge >= 0.3 is 0 Å². The van der Waals surface area contributed by atoms with Gasteiger partial charge < -0.3 is 24.0 Å². The van der Waals surface area contributed by atoms with E-state index in [9.17, 15) is 0 Å². The summed E-state index contributed by atoms with van der Waals surface area (Å²) in [6, 6.07) is 6.12. The quantitative estimate of drug-likeness (QED) is 0.438. The van der Waals surface area contributed by atoms with Crippen LogP contribution in [0.5, 0.6) is 0 Å². The Kier molecular flexibility index (Phi) is 4.21. The van der Waals surface area contributed by atoms with Gasteiger partial charge in [-0.2, -0.15) is 5.01 Å². The van der Waals surface area contributed by atoms with E-state index >= 15 is 0 Å². The predicted molar refractivity (Wildman–Crippen MR) is 48.1 cm³/mol. The second-order valence-electron chi connectivity index (χ2n) is 2.95. The number of aromatic nitrogens is 1. The van der Waals surface area contributed by atoms with Crippen molar-refractivity contribution in [3.05, 3.63) is 42.9 Å². The molecular weight excluding hydrogens is 275 g/mol. The summed E-state index contributed by atoms with van der Waals surface area (Å²) in [7, 11) is 0. The molecule has 1 aliphatic rings. The first-order valence-corrected chi connectivity index (χ1v) is 4.37. The molecule has 1 aliphatic heterocycles. The van der Waals surface area contributed by atoms with E-state index in [0.717, 1.165) is 6.54 Å². The van der Waals surface area contributed by atoms with Gasteiger partial charge in [0, 0.05) is 12.1 Å². The third kappa shape index (κ3) is 2.69. The highest BCUT2D eigenvalue weighted by atomic mass is 127. The van der Waals surface area contributed by atoms with Crippen molar-refractivity contribution in [3.63, 3.8) is 0 Å². The van der Waals surface area contributed by atoms with Gasteiger partial charge in [-0.25, -0.2) is 0 Å². The molecule has 0 amide bonds. The molecule has 70 valence electrons. The second kappa shape index (κ2) is 5.21. The van der Waals surface area contributed by atoms with Crippen LogP contribution in [-0.4, -0.2) is 6.54 Å². The molecule has 0 bridgehead atoms. The van der Waals surface area contributed by atoms with Crippen LogP contribution in [0, 0.1) is 0 Å². The van der Waals surface area contributed by atoms with E-state index < -0.39 is 0 Å². The number of halogens is 1. The van der Waals surface area contributed by atoms with Crippen LogP contribution in [0.4, 0.5) is 0 Å². The molecule has 3 heteroatoms. The lowest BCUT2D eigenvalue weighted by Crippen LogP contribution is -3.00. The molecule has 0 atom stereocenters. The molecule has 1 aromatic heterocycles. The lowest BCUT2D eigenvalue weighted by atomic mass is 10.2. The molecule has 13 heavy (non-hydrogen) atoms. The number of hydrogen-bond donors (Lipinski definition) is 0. The van der Waals surface area contributed by atoms with Crippen molar-refractivity contribution >= 4 is 0 Å². The Balaban J connectivity index is 0.000000845. The lowest BCUT2D eigenvalue weighted by Gasteiger charge is -2.15. The van der Waals surface area contributed by atoms with Crippen LogP contribution in [0.1, 0.15) is 12.8 Å². The number of hydrogen-bond acceptors (Lipinski definition) is 1. The van der Waals surface area contributed by atoms with Crippen LogP contribution in [0.15, 0.2) is 42.9 Å². The van der Waals surface area contributed by atoms with Gasteiger partial charge in [0.05, 0.1) is 12.7 Å². The predicted octanol–water partition coefficient (Wildman–Crippen LogP) is -1.78. The van der Waals surface area contributed by atoms with Crippen LogP contribution in [0.25, 0.3) is 0 Å². The van der Waals surface area contributed by atoms with Gasteiger partial charge in [0.25, 0.3) is 0 Å². The van der Waals surface area contributed by atoms with Gasteiger partial charge in [-0.1, -0.05) is 16.8 Å². The average molecular weight is 288 g/mol. The minimum atomic E-state index is 0. The Bertz CT molecular complexity index is 272. The van der Waals surface area contributed by atoms with Gasteiger partial charge in [0.15, 0.2) is 12.4 Å². The Hall–Kier alpha value is -0.580. The summed E-state index contributed by atoms with van der Waals surface area (Å²) < 4.78 is 2.11. The minimum Gasteiger partial charge on any atom is -1.00 e. The molecule has 0 aliphatic carbocycles. The Labute approximate surface area is 95.9 Å². The highest BCUT2D eigenvalue weighted by molar-refractivity contribution is 4.98. The van der Waals surface area contributed by atoms with E-state index in [1.54, 1.807) is 0 Å². The Morgan fingerprint density at radius 3 is 2.46 bits per heavy atom. The molecule has 2 nitrogen and oxygen atoms in total. The van der Waals surface area contributed by atoms with E-state index in [1.165, 1.54) is 12.8 Å². The fraction of sp³-hybridized carbons (Fsp3) is 0.300. The van der Waals surface area contributed by atoms with Gasteiger partial charge in [0.1, 0.15) is 0 Å². The highest BCUT2D eigenvalue weighted by Gasteiger charge is 2.10. The standard InChI is InChI=1S/C10H13N2.HI/c1-3-7-11(8-4-1)12-9-5-2-6-10-12;/h1,3-5,7-9H,2,6,10H2;1H/q+1;/p-1. The van der Waals surface area contributed by atoms with E-state index in [2.05, 4.69) is 34.4 Å². The summed E-state index contributed by atoms with van der Waals surface area (Å²) in [6.07, 6.45) is 10.9. The zero-order valence-electron chi connectivity index (χ0n) is 7.44. The summed E-state index contributed by atoms with van der Waals surface area (Å²) in [4.78, 5) is 0. The Morgan fingerprint density at radius 2 is 1.85 bits per heavy atom. The fourth-order valence-corrected chi connectivity index (χ4v) is 1.40. The highest BCUT2D eigenvalue weighted by Crippen LogP contribution is 1.99. The zero-order chi connectivity index (χ0) is 8.23. The molecule has 0 N–H and O–H groups in total. The van der Waals surface area contributed by atoms with E-state index in [0.29, 0.717) is 0 Å². The summed E-state index contributed by atoms with van der Waals surface area (Å²) in [5.74, 6) is 0. The van der Waals surface area contributed by atoms with E-state index in [4.69, 9.17) is 0 Å². The molecule has 0 spiro atoms. The number of pyridine rings is 1. The first-order valence-electron chi connectivity index (χ1n) is 4.37. The molecule has 2 rings (SSSR count). The van der Waals surface area contributed by atoms with E-state index in [1.807, 2.05) is 18.2 Å². The van der Waals surface area contributed by atoms with Crippen LogP contribution in [0.2, 0.25) is 0 Å². The normalized spacial score (nSPS) is 15.2. The van der Waals surface area contributed by atoms with Crippen molar-refractivity contribution in [2.45, 2.75) is 12.8 Å². The maximum Gasteiger partial charge on any atom is 0.200 e. The van der Waals surface area contributed by atoms with Gasteiger partial charge in [-0.3, -0.25) is 0 Å². The van der Waals surface area contributed by atoms with Crippen molar-refractivity contribution in [1.82, 2.24) is 0 Å². The molecule has 0 unspecified atom stereocenters. The molecule has 1 aromatic rings. The topological polar surface area (TPSA) is 7.12 Å². The SMILES string of the molecule is C1=CN([n+]2ccccc2)CCC1.[I-]. The van der Waals surface area contributed by atoms with Crippen molar-refractivity contribution in [3.8, 4) is 0 Å². The van der Waals surface area contributed by atoms with Crippen molar-refractivity contribution in [2.75, 3.05) is 11.6 Å². The molecule has 0 saturated heterocycles. The monoisotopic (exact) mass is 288 g/mol. The molecule has 0 aromatic carbocycles. The summed E-state index contributed by atoms with van der Waals surface area (Å²) in [5.41, 5.74) is 0. The number of allylic oxidation sites excluding steroid dienone is 1. The maximum atomic E-state index is 2.21. The zero-order valence-corrected chi connectivity index (χ0v) is 9.59. The fourth-order valence-electron chi connectivity index (χ4n) is 1.40. The molecule has 2 heterocycles. The van der Waals surface area contributed by atoms with Gasteiger partial charge in [-0.15, -0.1) is 0 Å².